The number of nitrogens with zero attached hydrogens (tertiary/aromatic N) is 4. The van der Waals surface area contributed by atoms with Gasteiger partial charge in [-0.1, -0.05) is 5.16 Å². The topological polar surface area (TPSA) is 84.2 Å². The van der Waals surface area contributed by atoms with Gasteiger partial charge < -0.3 is 14.7 Å². The quantitative estimate of drug-likeness (QED) is 0.928. The van der Waals surface area contributed by atoms with Crippen LogP contribution in [0.15, 0.2) is 22.9 Å². The van der Waals surface area contributed by atoms with Crippen molar-refractivity contribution in [3.8, 4) is 0 Å². The van der Waals surface area contributed by atoms with Crippen LogP contribution < -0.4 is 5.32 Å². The van der Waals surface area contributed by atoms with Crippen LogP contribution in [0.3, 0.4) is 0 Å². The molecule has 2 aliphatic rings. The van der Waals surface area contributed by atoms with Gasteiger partial charge in [-0.2, -0.15) is 4.98 Å². The Hall–Kier alpha value is -2.44. The zero-order valence-corrected chi connectivity index (χ0v) is 13.7. The molecule has 7 nitrogen and oxygen atoms in total. The zero-order chi connectivity index (χ0) is 16.5. The van der Waals surface area contributed by atoms with Gasteiger partial charge in [0.15, 0.2) is 5.82 Å². The molecule has 0 atom stereocenters. The second-order valence-corrected chi connectivity index (χ2v) is 6.60. The number of carbonyl (C=O) groups is 1. The number of anilines is 1. The lowest BCUT2D eigenvalue weighted by Crippen LogP contribution is -2.38. The summed E-state index contributed by atoms with van der Waals surface area (Å²) in [6.07, 6.45) is 5.78. The summed E-state index contributed by atoms with van der Waals surface area (Å²) in [5, 5.41) is 7.17. The molecule has 0 aromatic carbocycles. The van der Waals surface area contributed by atoms with Crippen molar-refractivity contribution >= 4 is 11.7 Å². The van der Waals surface area contributed by atoms with Crippen LogP contribution in [0, 0.1) is 6.92 Å². The molecule has 4 rings (SSSR count). The molecule has 1 aliphatic carbocycles. The van der Waals surface area contributed by atoms with Gasteiger partial charge in [0, 0.05) is 31.2 Å². The number of hydrogen-bond acceptors (Lipinski definition) is 6. The van der Waals surface area contributed by atoms with Gasteiger partial charge in [-0.05, 0) is 44.7 Å². The number of aryl methyl sites for hydroxylation is 1. The molecule has 1 amide bonds. The van der Waals surface area contributed by atoms with Crippen LogP contribution in [0.4, 0.5) is 5.82 Å². The number of amides is 1. The predicted octanol–water partition coefficient (Wildman–Crippen LogP) is 2.37. The Bertz CT molecular complexity index is 715. The number of likely N-dealkylation sites (tertiary alicyclic amines) is 1. The van der Waals surface area contributed by atoms with E-state index in [1.54, 1.807) is 6.20 Å². The van der Waals surface area contributed by atoms with Crippen molar-refractivity contribution < 1.29 is 9.32 Å². The molecule has 7 heteroatoms. The van der Waals surface area contributed by atoms with Crippen molar-refractivity contribution in [1.29, 1.82) is 0 Å². The van der Waals surface area contributed by atoms with E-state index in [1.165, 1.54) is 12.8 Å². The maximum absolute atomic E-state index is 12.6. The number of aromatic nitrogens is 3. The van der Waals surface area contributed by atoms with Crippen LogP contribution in [-0.2, 0) is 0 Å². The largest absolute Gasteiger partial charge is 0.367 e. The summed E-state index contributed by atoms with van der Waals surface area (Å²) in [5.74, 6) is 2.49. The van der Waals surface area contributed by atoms with E-state index >= 15 is 0 Å². The van der Waals surface area contributed by atoms with Gasteiger partial charge in [-0.25, -0.2) is 4.98 Å². The average molecular weight is 327 g/mol. The highest BCUT2D eigenvalue weighted by Crippen LogP contribution is 2.28. The van der Waals surface area contributed by atoms with Crippen molar-refractivity contribution in [2.45, 2.75) is 44.6 Å². The number of nitrogens with one attached hydrogen (secondary N) is 1. The highest BCUT2D eigenvalue weighted by Gasteiger charge is 2.28. The third-order valence-electron chi connectivity index (χ3n) is 4.61. The van der Waals surface area contributed by atoms with Crippen molar-refractivity contribution in [3.05, 3.63) is 35.6 Å². The molecule has 1 aliphatic heterocycles. The first kappa shape index (κ1) is 15.1. The Morgan fingerprint density at radius 2 is 2.04 bits per heavy atom. The Labute approximate surface area is 140 Å². The first-order valence-electron chi connectivity index (χ1n) is 8.51. The van der Waals surface area contributed by atoms with Crippen LogP contribution >= 0.6 is 0 Å². The highest BCUT2D eigenvalue weighted by atomic mass is 16.5. The molecule has 0 bridgehead atoms. The Balaban J connectivity index is 1.35. The lowest BCUT2D eigenvalue weighted by Gasteiger charge is -2.30. The SMILES string of the molecule is Cc1noc(C2CCN(C(=O)c3ccc(NC4CC4)nc3)CC2)n1. The minimum atomic E-state index is 0.0423. The molecule has 0 unspecified atom stereocenters. The molecule has 3 heterocycles. The Morgan fingerprint density at radius 3 is 2.62 bits per heavy atom. The molecule has 2 fully saturated rings. The summed E-state index contributed by atoms with van der Waals surface area (Å²) in [5.41, 5.74) is 0.642. The van der Waals surface area contributed by atoms with Gasteiger partial charge in [0.1, 0.15) is 5.82 Å². The monoisotopic (exact) mass is 327 g/mol. The summed E-state index contributed by atoms with van der Waals surface area (Å²) >= 11 is 0. The van der Waals surface area contributed by atoms with Crippen LogP contribution in [0.1, 0.15) is 53.7 Å². The van der Waals surface area contributed by atoms with Gasteiger partial charge >= 0.3 is 0 Å². The fourth-order valence-corrected chi connectivity index (χ4v) is 3.03. The van der Waals surface area contributed by atoms with Crippen LogP contribution in [-0.4, -0.2) is 45.1 Å². The van der Waals surface area contributed by atoms with E-state index in [9.17, 15) is 4.79 Å². The molecule has 2 aromatic rings. The van der Waals surface area contributed by atoms with Gasteiger partial charge in [0.05, 0.1) is 5.56 Å². The fraction of sp³-hybridized carbons (Fsp3) is 0.529. The van der Waals surface area contributed by atoms with Crippen molar-refractivity contribution in [2.24, 2.45) is 0 Å². The molecule has 1 saturated heterocycles. The summed E-state index contributed by atoms with van der Waals surface area (Å²) in [6, 6.07) is 4.30. The first-order chi connectivity index (χ1) is 11.7. The molecule has 1 N–H and O–H groups in total. The number of pyridine rings is 1. The molecule has 0 spiro atoms. The maximum atomic E-state index is 12.6. The van der Waals surface area contributed by atoms with Crippen molar-refractivity contribution in [1.82, 2.24) is 20.0 Å². The number of rotatable bonds is 4. The van der Waals surface area contributed by atoms with E-state index in [-0.39, 0.29) is 11.8 Å². The highest BCUT2D eigenvalue weighted by molar-refractivity contribution is 5.94. The van der Waals surface area contributed by atoms with E-state index in [0.717, 1.165) is 18.7 Å². The van der Waals surface area contributed by atoms with Gasteiger partial charge in [0.25, 0.3) is 5.91 Å². The summed E-state index contributed by atoms with van der Waals surface area (Å²) in [4.78, 5) is 23.1. The van der Waals surface area contributed by atoms with Gasteiger partial charge in [0.2, 0.25) is 5.89 Å². The van der Waals surface area contributed by atoms with E-state index in [2.05, 4.69) is 20.4 Å². The maximum Gasteiger partial charge on any atom is 0.255 e. The van der Waals surface area contributed by atoms with E-state index in [0.29, 0.717) is 36.4 Å². The number of carbonyl (C=O) groups excluding carboxylic acids is 1. The van der Waals surface area contributed by atoms with E-state index < -0.39 is 0 Å². The Kier molecular flexibility index (Phi) is 3.92. The fourth-order valence-electron chi connectivity index (χ4n) is 3.03. The zero-order valence-electron chi connectivity index (χ0n) is 13.7. The molecule has 1 saturated carbocycles. The van der Waals surface area contributed by atoms with Crippen LogP contribution in [0.25, 0.3) is 0 Å². The normalized spacial score (nSPS) is 18.6. The van der Waals surface area contributed by atoms with E-state index in [4.69, 9.17) is 4.52 Å². The molecule has 24 heavy (non-hydrogen) atoms. The minimum absolute atomic E-state index is 0.0423. The molecule has 2 aromatic heterocycles. The standard InChI is InChI=1S/C17H21N5O2/c1-11-19-16(24-21-11)12-6-8-22(9-7-12)17(23)13-2-5-15(18-10-13)20-14-3-4-14/h2,5,10,12,14H,3-4,6-9H2,1H3,(H,18,20). The third-order valence-corrected chi connectivity index (χ3v) is 4.61. The van der Waals surface area contributed by atoms with Gasteiger partial charge in [-0.15, -0.1) is 0 Å². The Morgan fingerprint density at radius 1 is 1.25 bits per heavy atom. The second kappa shape index (κ2) is 6.22. The molecular weight excluding hydrogens is 306 g/mol. The van der Waals surface area contributed by atoms with Crippen LogP contribution in [0.2, 0.25) is 0 Å². The lowest BCUT2D eigenvalue weighted by molar-refractivity contribution is 0.0704. The number of hydrogen-bond donors (Lipinski definition) is 1. The molecule has 0 radical (unpaired) electrons. The average Bonchev–Trinajstić information content (AvgIpc) is 3.33. The van der Waals surface area contributed by atoms with Crippen LogP contribution in [0.5, 0.6) is 0 Å². The second-order valence-electron chi connectivity index (χ2n) is 6.60. The van der Waals surface area contributed by atoms with Crippen molar-refractivity contribution in [2.75, 3.05) is 18.4 Å². The van der Waals surface area contributed by atoms with Gasteiger partial charge in [-0.3, -0.25) is 4.79 Å². The summed E-state index contributed by atoms with van der Waals surface area (Å²) in [6.45, 7) is 3.22. The molecule has 126 valence electrons. The predicted molar refractivity (Wildman–Crippen MR) is 87.8 cm³/mol. The lowest BCUT2D eigenvalue weighted by atomic mass is 9.96. The van der Waals surface area contributed by atoms with E-state index in [1.807, 2.05) is 24.0 Å². The summed E-state index contributed by atoms with van der Waals surface area (Å²) in [7, 11) is 0. The first-order valence-corrected chi connectivity index (χ1v) is 8.51. The van der Waals surface area contributed by atoms with Crippen molar-refractivity contribution in [3.63, 3.8) is 0 Å². The molecular formula is C17H21N5O2. The number of piperidine rings is 1. The minimum Gasteiger partial charge on any atom is -0.367 e. The smallest absolute Gasteiger partial charge is 0.255 e. The summed E-state index contributed by atoms with van der Waals surface area (Å²) < 4.78 is 5.25. The third kappa shape index (κ3) is 3.25.